The van der Waals surface area contributed by atoms with E-state index in [0.717, 1.165) is 28.9 Å². The lowest BCUT2D eigenvalue weighted by molar-refractivity contribution is 0.0994. The van der Waals surface area contributed by atoms with Gasteiger partial charge in [-0.15, -0.1) is 0 Å². The average Bonchev–Trinajstić information content (AvgIpc) is 2.60. The molecule has 0 saturated carbocycles. The van der Waals surface area contributed by atoms with Crippen molar-refractivity contribution in [2.24, 2.45) is 0 Å². The fraction of sp³-hybridized carbons (Fsp3) is 0.250. The van der Waals surface area contributed by atoms with Gasteiger partial charge in [-0.3, -0.25) is 4.79 Å². The summed E-state index contributed by atoms with van der Waals surface area (Å²) in [5.41, 5.74) is 2.76. The van der Waals surface area contributed by atoms with E-state index in [2.05, 4.69) is 6.58 Å². The molecular formula is C12H12O2. The highest BCUT2D eigenvalue weighted by molar-refractivity contribution is 6.04. The molecule has 2 rings (SSSR count). The standard InChI is InChI=1S/C12H12O2/c1-3-8-4-7-11(14-2)9-5-6-10(13)12(8)9/h3-4,7H,1,5-6H2,2H3. The minimum atomic E-state index is 0.203. The van der Waals surface area contributed by atoms with Crippen LogP contribution in [0.4, 0.5) is 0 Å². The highest BCUT2D eigenvalue weighted by Gasteiger charge is 2.24. The average molecular weight is 188 g/mol. The van der Waals surface area contributed by atoms with Crippen LogP contribution in [0.2, 0.25) is 0 Å². The third-order valence-corrected chi connectivity index (χ3v) is 2.62. The van der Waals surface area contributed by atoms with E-state index in [-0.39, 0.29) is 5.78 Å². The predicted molar refractivity (Wildman–Crippen MR) is 55.7 cm³/mol. The lowest BCUT2D eigenvalue weighted by atomic mass is 10.0. The second-order valence-corrected chi connectivity index (χ2v) is 3.34. The second-order valence-electron chi connectivity index (χ2n) is 3.34. The van der Waals surface area contributed by atoms with E-state index in [4.69, 9.17) is 4.74 Å². The molecule has 0 N–H and O–H groups in total. The molecule has 0 bridgehead atoms. The number of carbonyl (C=O) groups excluding carboxylic acids is 1. The van der Waals surface area contributed by atoms with Crippen molar-refractivity contribution < 1.29 is 9.53 Å². The molecule has 0 atom stereocenters. The van der Waals surface area contributed by atoms with E-state index >= 15 is 0 Å². The summed E-state index contributed by atoms with van der Waals surface area (Å²) < 4.78 is 5.22. The largest absolute Gasteiger partial charge is 0.496 e. The molecule has 0 heterocycles. The van der Waals surface area contributed by atoms with Crippen molar-refractivity contribution in [3.05, 3.63) is 35.4 Å². The van der Waals surface area contributed by atoms with Gasteiger partial charge in [0.15, 0.2) is 5.78 Å². The second kappa shape index (κ2) is 3.29. The number of hydrogen-bond donors (Lipinski definition) is 0. The Morgan fingerprint density at radius 1 is 1.43 bits per heavy atom. The molecule has 72 valence electrons. The van der Waals surface area contributed by atoms with Gasteiger partial charge in [0.05, 0.1) is 7.11 Å². The van der Waals surface area contributed by atoms with E-state index in [0.29, 0.717) is 6.42 Å². The molecule has 0 amide bonds. The maximum absolute atomic E-state index is 11.6. The molecule has 1 aromatic carbocycles. The Morgan fingerprint density at radius 2 is 2.21 bits per heavy atom. The number of rotatable bonds is 2. The summed E-state index contributed by atoms with van der Waals surface area (Å²) in [5.74, 6) is 1.02. The molecule has 0 aromatic heterocycles. The van der Waals surface area contributed by atoms with Crippen molar-refractivity contribution in [2.45, 2.75) is 12.8 Å². The van der Waals surface area contributed by atoms with Crippen LogP contribution in [0.25, 0.3) is 6.08 Å². The van der Waals surface area contributed by atoms with Crippen LogP contribution in [-0.2, 0) is 6.42 Å². The third-order valence-electron chi connectivity index (χ3n) is 2.62. The molecule has 1 aromatic rings. The minimum Gasteiger partial charge on any atom is -0.496 e. The number of carbonyl (C=O) groups is 1. The number of benzene rings is 1. The zero-order valence-corrected chi connectivity index (χ0v) is 8.17. The first-order valence-electron chi connectivity index (χ1n) is 4.63. The van der Waals surface area contributed by atoms with E-state index in [1.54, 1.807) is 13.2 Å². The number of hydrogen-bond acceptors (Lipinski definition) is 2. The summed E-state index contributed by atoms with van der Waals surface area (Å²) in [6.45, 7) is 3.71. The zero-order valence-electron chi connectivity index (χ0n) is 8.17. The third kappa shape index (κ3) is 1.15. The molecule has 0 radical (unpaired) electrons. The van der Waals surface area contributed by atoms with Crippen molar-refractivity contribution in [1.82, 2.24) is 0 Å². The van der Waals surface area contributed by atoms with Gasteiger partial charge >= 0.3 is 0 Å². The van der Waals surface area contributed by atoms with Crippen LogP contribution in [-0.4, -0.2) is 12.9 Å². The van der Waals surface area contributed by atoms with Crippen molar-refractivity contribution in [3.8, 4) is 5.75 Å². The Balaban J connectivity index is 2.68. The Hall–Kier alpha value is -1.57. The Bertz CT molecular complexity index is 405. The van der Waals surface area contributed by atoms with Crippen molar-refractivity contribution in [3.63, 3.8) is 0 Å². The maximum Gasteiger partial charge on any atom is 0.164 e. The van der Waals surface area contributed by atoms with Crippen LogP contribution in [0, 0.1) is 0 Å². The Labute approximate surface area is 83.2 Å². The van der Waals surface area contributed by atoms with Crippen LogP contribution < -0.4 is 4.74 Å². The van der Waals surface area contributed by atoms with Gasteiger partial charge in [-0.2, -0.15) is 0 Å². The topological polar surface area (TPSA) is 26.3 Å². The maximum atomic E-state index is 11.6. The fourth-order valence-electron chi connectivity index (χ4n) is 1.95. The van der Waals surface area contributed by atoms with E-state index < -0.39 is 0 Å². The minimum absolute atomic E-state index is 0.203. The van der Waals surface area contributed by atoms with Crippen LogP contribution in [0.3, 0.4) is 0 Å². The molecule has 2 nitrogen and oxygen atoms in total. The van der Waals surface area contributed by atoms with Gasteiger partial charge in [0.2, 0.25) is 0 Å². The summed E-state index contributed by atoms with van der Waals surface area (Å²) in [6, 6.07) is 3.78. The SMILES string of the molecule is C=Cc1ccc(OC)c2c1C(=O)CC2. The molecule has 0 unspecified atom stereocenters. The molecule has 0 aliphatic heterocycles. The summed E-state index contributed by atoms with van der Waals surface area (Å²) in [5, 5.41) is 0. The number of ketones is 1. The molecule has 2 heteroatoms. The van der Waals surface area contributed by atoms with E-state index in [9.17, 15) is 4.79 Å². The number of methoxy groups -OCH3 is 1. The normalized spacial score (nSPS) is 13.9. The molecule has 1 aliphatic carbocycles. The number of Topliss-reactive ketones (excluding diaryl/α,β-unsaturated/α-hetero) is 1. The van der Waals surface area contributed by atoms with Crippen LogP contribution >= 0.6 is 0 Å². The van der Waals surface area contributed by atoms with Gasteiger partial charge in [0.25, 0.3) is 0 Å². The molecule has 14 heavy (non-hydrogen) atoms. The quantitative estimate of drug-likeness (QED) is 0.712. The first-order chi connectivity index (χ1) is 6.77. The molecule has 1 aliphatic rings. The number of ether oxygens (including phenoxy) is 1. The zero-order chi connectivity index (χ0) is 10.1. The molecule has 0 saturated heterocycles. The molecule has 0 fully saturated rings. The fourth-order valence-corrected chi connectivity index (χ4v) is 1.95. The molecule has 0 spiro atoms. The van der Waals surface area contributed by atoms with Crippen molar-refractivity contribution >= 4 is 11.9 Å². The van der Waals surface area contributed by atoms with Gasteiger partial charge < -0.3 is 4.74 Å². The summed E-state index contributed by atoms with van der Waals surface area (Å²) >= 11 is 0. The Kier molecular flexibility index (Phi) is 2.12. The summed E-state index contributed by atoms with van der Waals surface area (Å²) in [6.07, 6.45) is 3.11. The summed E-state index contributed by atoms with van der Waals surface area (Å²) in [4.78, 5) is 11.6. The number of fused-ring (bicyclic) bond motifs is 1. The highest BCUT2D eigenvalue weighted by Crippen LogP contribution is 2.33. The first kappa shape index (κ1) is 9.00. The Morgan fingerprint density at radius 3 is 2.86 bits per heavy atom. The van der Waals surface area contributed by atoms with E-state index in [1.165, 1.54) is 0 Å². The lowest BCUT2D eigenvalue weighted by Crippen LogP contribution is -1.97. The van der Waals surface area contributed by atoms with Crippen molar-refractivity contribution in [1.29, 1.82) is 0 Å². The summed E-state index contributed by atoms with van der Waals surface area (Å²) in [7, 11) is 1.63. The molecular weight excluding hydrogens is 176 g/mol. The van der Waals surface area contributed by atoms with Gasteiger partial charge in [-0.1, -0.05) is 18.7 Å². The lowest BCUT2D eigenvalue weighted by Gasteiger charge is -2.08. The monoisotopic (exact) mass is 188 g/mol. The first-order valence-corrected chi connectivity index (χ1v) is 4.63. The van der Waals surface area contributed by atoms with Gasteiger partial charge in [-0.25, -0.2) is 0 Å². The van der Waals surface area contributed by atoms with Gasteiger partial charge in [0, 0.05) is 17.5 Å². The van der Waals surface area contributed by atoms with E-state index in [1.807, 2.05) is 12.1 Å². The highest BCUT2D eigenvalue weighted by atomic mass is 16.5. The van der Waals surface area contributed by atoms with Crippen LogP contribution in [0.5, 0.6) is 5.75 Å². The van der Waals surface area contributed by atoms with Gasteiger partial charge in [0.1, 0.15) is 5.75 Å². The predicted octanol–water partition coefficient (Wildman–Crippen LogP) is 2.47. The van der Waals surface area contributed by atoms with Gasteiger partial charge in [-0.05, 0) is 18.1 Å². The van der Waals surface area contributed by atoms with Crippen LogP contribution in [0.15, 0.2) is 18.7 Å². The van der Waals surface area contributed by atoms with Crippen molar-refractivity contribution in [2.75, 3.05) is 7.11 Å². The smallest absolute Gasteiger partial charge is 0.164 e. The van der Waals surface area contributed by atoms with Crippen LogP contribution in [0.1, 0.15) is 27.9 Å².